The smallest absolute Gasteiger partial charge is 0.271 e. The minimum Gasteiger partial charge on any atom is -0.497 e. The zero-order valence-electron chi connectivity index (χ0n) is 17.6. The molecule has 0 aliphatic rings. The fraction of sp³-hybridized carbons (Fsp3) is 0.286. The lowest BCUT2D eigenvalue weighted by Crippen LogP contribution is -2.21. The first-order valence-corrected chi connectivity index (χ1v) is 8.98. The quantitative estimate of drug-likeness (QED) is 0.482. The third-order valence-electron chi connectivity index (χ3n) is 4.05. The maximum Gasteiger partial charge on any atom is 0.271 e. The van der Waals surface area contributed by atoms with Crippen LogP contribution in [-0.4, -0.2) is 46.0 Å². The van der Waals surface area contributed by atoms with Crippen molar-refractivity contribution in [3.05, 3.63) is 42.0 Å². The minimum atomic E-state index is -0.437. The molecule has 0 aliphatic heterocycles. The molecule has 0 unspecified atom stereocenters. The molecule has 160 valence electrons. The van der Waals surface area contributed by atoms with E-state index >= 15 is 0 Å². The van der Waals surface area contributed by atoms with Crippen LogP contribution in [0.1, 0.15) is 23.7 Å². The summed E-state index contributed by atoms with van der Waals surface area (Å²) < 4.78 is 20.7. The Hall–Kier alpha value is -3.75. The van der Waals surface area contributed by atoms with Crippen LogP contribution in [0.25, 0.3) is 0 Å². The molecule has 9 heteroatoms. The summed E-state index contributed by atoms with van der Waals surface area (Å²) in [4.78, 5) is 24.6. The molecule has 0 atom stereocenters. The van der Waals surface area contributed by atoms with Gasteiger partial charge in [0.05, 0.1) is 34.9 Å². The van der Waals surface area contributed by atoms with E-state index in [-0.39, 0.29) is 12.3 Å². The minimum absolute atomic E-state index is 0.00820. The summed E-state index contributed by atoms with van der Waals surface area (Å²) in [5.74, 6) is 1.31. The van der Waals surface area contributed by atoms with Crippen LogP contribution in [0.4, 0.5) is 5.69 Å². The second-order valence-electron chi connectivity index (χ2n) is 6.18. The van der Waals surface area contributed by atoms with Crippen molar-refractivity contribution in [3.8, 4) is 23.0 Å². The number of nitrogens with zero attached hydrogens (tertiary/aromatic N) is 1. The maximum absolute atomic E-state index is 12.3. The number of carbonyl (C=O) groups is 2. The summed E-state index contributed by atoms with van der Waals surface area (Å²) in [6.07, 6.45) is -0.00820. The Labute approximate surface area is 175 Å². The van der Waals surface area contributed by atoms with Gasteiger partial charge >= 0.3 is 0 Å². The van der Waals surface area contributed by atoms with Gasteiger partial charge in [0.2, 0.25) is 5.91 Å². The lowest BCUT2D eigenvalue weighted by Gasteiger charge is -2.10. The highest BCUT2D eigenvalue weighted by molar-refractivity contribution is 6.06. The highest BCUT2D eigenvalue weighted by atomic mass is 16.5. The van der Waals surface area contributed by atoms with Crippen LogP contribution in [0.15, 0.2) is 41.5 Å². The van der Waals surface area contributed by atoms with Crippen molar-refractivity contribution in [2.75, 3.05) is 33.8 Å². The second-order valence-corrected chi connectivity index (χ2v) is 6.18. The first-order valence-electron chi connectivity index (χ1n) is 8.98. The number of hydrogen-bond donors (Lipinski definition) is 2. The molecule has 9 nitrogen and oxygen atoms in total. The van der Waals surface area contributed by atoms with Gasteiger partial charge in [-0.3, -0.25) is 9.59 Å². The van der Waals surface area contributed by atoms with Crippen LogP contribution >= 0.6 is 0 Å². The summed E-state index contributed by atoms with van der Waals surface area (Å²) in [7, 11) is 6.05. The molecule has 2 N–H and O–H groups in total. The summed E-state index contributed by atoms with van der Waals surface area (Å²) in [5.41, 5.74) is 3.72. The summed E-state index contributed by atoms with van der Waals surface area (Å²) in [6.45, 7) is 1.64. The van der Waals surface area contributed by atoms with Crippen LogP contribution < -0.4 is 29.7 Å². The highest BCUT2D eigenvalue weighted by Crippen LogP contribution is 2.27. The van der Waals surface area contributed by atoms with Gasteiger partial charge in [-0.1, -0.05) is 0 Å². The number of anilines is 1. The zero-order chi connectivity index (χ0) is 22.1. The van der Waals surface area contributed by atoms with E-state index in [9.17, 15) is 9.59 Å². The molecule has 0 fully saturated rings. The predicted molar refractivity (Wildman–Crippen MR) is 113 cm³/mol. The monoisotopic (exact) mass is 415 g/mol. The Morgan fingerprint density at radius 2 is 1.50 bits per heavy atom. The molecule has 0 heterocycles. The third-order valence-corrected chi connectivity index (χ3v) is 4.05. The van der Waals surface area contributed by atoms with Gasteiger partial charge in [-0.15, -0.1) is 0 Å². The number of nitrogens with one attached hydrogen (secondary N) is 2. The molecule has 0 bridgehead atoms. The fourth-order valence-electron chi connectivity index (χ4n) is 2.54. The van der Waals surface area contributed by atoms with E-state index in [2.05, 4.69) is 15.8 Å². The number of carbonyl (C=O) groups excluding carboxylic acids is 2. The Morgan fingerprint density at radius 3 is 2.07 bits per heavy atom. The number of rotatable bonds is 9. The van der Waals surface area contributed by atoms with Crippen LogP contribution in [0.2, 0.25) is 0 Å². The first-order chi connectivity index (χ1) is 14.4. The van der Waals surface area contributed by atoms with Crippen LogP contribution in [-0.2, 0) is 4.79 Å². The summed E-state index contributed by atoms with van der Waals surface area (Å²) >= 11 is 0. The van der Waals surface area contributed by atoms with E-state index in [0.717, 1.165) is 0 Å². The summed E-state index contributed by atoms with van der Waals surface area (Å²) in [5, 5.41) is 6.73. The highest BCUT2D eigenvalue weighted by Gasteiger charge is 2.11. The average molecular weight is 415 g/mol. The van der Waals surface area contributed by atoms with Crippen LogP contribution in [0.5, 0.6) is 23.0 Å². The van der Waals surface area contributed by atoms with Crippen LogP contribution in [0, 0.1) is 0 Å². The van der Waals surface area contributed by atoms with Crippen molar-refractivity contribution < 1.29 is 28.5 Å². The molecule has 2 rings (SSSR count). The number of methoxy groups -OCH3 is 4. The molecule has 0 aromatic heterocycles. The van der Waals surface area contributed by atoms with Crippen molar-refractivity contribution in [1.29, 1.82) is 0 Å². The number of benzene rings is 2. The Kier molecular flexibility index (Phi) is 8.04. The summed E-state index contributed by atoms with van der Waals surface area (Å²) in [6, 6.07) is 9.80. The van der Waals surface area contributed by atoms with E-state index in [1.807, 2.05) is 0 Å². The fourth-order valence-corrected chi connectivity index (χ4v) is 2.54. The molecule has 30 heavy (non-hydrogen) atoms. The van der Waals surface area contributed by atoms with Gasteiger partial charge in [-0.2, -0.15) is 5.10 Å². The Bertz CT molecular complexity index is 920. The van der Waals surface area contributed by atoms with E-state index in [0.29, 0.717) is 40.0 Å². The topological polar surface area (TPSA) is 107 Å². The van der Waals surface area contributed by atoms with Crippen LogP contribution in [0.3, 0.4) is 0 Å². The molecule has 2 aromatic rings. The molecule has 0 saturated heterocycles. The molecular formula is C21H25N3O6. The van der Waals surface area contributed by atoms with Gasteiger partial charge < -0.3 is 24.3 Å². The van der Waals surface area contributed by atoms with Gasteiger partial charge in [0, 0.05) is 35.2 Å². The number of hydrogen-bond acceptors (Lipinski definition) is 7. The van der Waals surface area contributed by atoms with E-state index in [1.165, 1.54) is 28.4 Å². The van der Waals surface area contributed by atoms with E-state index in [1.54, 1.807) is 43.3 Å². The van der Waals surface area contributed by atoms with Crippen molar-refractivity contribution in [2.24, 2.45) is 5.10 Å². The van der Waals surface area contributed by atoms with Gasteiger partial charge in [-0.25, -0.2) is 5.43 Å². The molecule has 0 saturated carbocycles. The normalized spacial score (nSPS) is 10.8. The van der Waals surface area contributed by atoms with Crippen molar-refractivity contribution in [3.63, 3.8) is 0 Å². The maximum atomic E-state index is 12.3. The van der Waals surface area contributed by atoms with Crippen molar-refractivity contribution in [1.82, 2.24) is 5.43 Å². The predicted octanol–water partition coefficient (Wildman–Crippen LogP) is 2.86. The zero-order valence-corrected chi connectivity index (χ0v) is 17.6. The largest absolute Gasteiger partial charge is 0.497 e. The number of amides is 2. The van der Waals surface area contributed by atoms with E-state index < -0.39 is 5.91 Å². The number of ether oxygens (including phenoxy) is 4. The molecule has 2 aromatic carbocycles. The second kappa shape index (κ2) is 10.7. The third kappa shape index (κ3) is 6.13. The average Bonchev–Trinajstić information content (AvgIpc) is 2.76. The Morgan fingerprint density at radius 1 is 0.867 bits per heavy atom. The Balaban J connectivity index is 1.98. The van der Waals surface area contributed by atoms with Gasteiger partial charge in [-0.05, 0) is 25.1 Å². The molecular weight excluding hydrogens is 390 g/mol. The van der Waals surface area contributed by atoms with Gasteiger partial charge in [0.15, 0.2) is 11.5 Å². The van der Waals surface area contributed by atoms with Crippen molar-refractivity contribution >= 4 is 23.2 Å². The van der Waals surface area contributed by atoms with Gasteiger partial charge in [0.1, 0.15) is 11.5 Å². The number of hydrazone groups is 1. The SMILES string of the molecule is COc1cc(NC(=O)C/C(C)=N/NC(=O)c2ccc(OC)c(OC)c2)cc(OC)c1. The molecule has 0 radical (unpaired) electrons. The lowest BCUT2D eigenvalue weighted by atomic mass is 10.2. The lowest BCUT2D eigenvalue weighted by molar-refractivity contribution is -0.115. The van der Waals surface area contributed by atoms with Crippen molar-refractivity contribution in [2.45, 2.75) is 13.3 Å². The van der Waals surface area contributed by atoms with E-state index in [4.69, 9.17) is 18.9 Å². The first kappa shape index (κ1) is 22.5. The van der Waals surface area contributed by atoms with Gasteiger partial charge in [0.25, 0.3) is 5.91 Å². The molecule has 2 amide bonds. The molecule has 0 spiro atoms. The standard InChI is InChI=1S/C21H25N3O6/c1-13(8-20(25)22-15-10-16(27-2)12-17(11-15)28-3)23-24-21(26)14-6-7-18(29-4)19(9-14)30-5/h6-7,9-12H,8H2,1-5H3,(H,22,25)(H,24,26)/b23-13+. The molecule has 0 aliphatic carbocycles.